The topological polar surface area (TPSA) is 56.8 Å². The minimum atomic E-state index is 0.0920. The van der Waals surface area contributed by atoms with Gasteiger partial charge in [-0.3, -0.25) is 4.99 Å². The van der Waals surface area contributed by atoms with Crippen LogP contribution in [0.5, 0.6) is 0 Å². The van der Waals surface area contributed by atoms with Crippen molar-refractivity contribution in [2.75, 3.05) is 19.6 Å². The molecule has 0 radical (unpaired) electrons. The molecule has 0 spiro atoms. The molecule has 5 heteroatoms. The van der Waals surface area contributed by atoms with Gasteiger partial charge in [0.25, 0.3) is 0 Å². The maximum atomic E-state index is 5.66. The zero-order valence-corrected chi connectivity index (χ0v) is 11.0. The number of nitrogens with zero attached hydrogens (tertiary/aromatic N) is 1. The number of hydrogen-bond acceptors (Lipinski definition) is 4. The first-order chi connectivity index (χ1) is 8.13. The molecule has 94 valence electrons. The first-order valence-electron chi connectivity index (χ1n) is 5.65. The Kier molecular flexibility index (Phi) is 3.66. The van der Waals surface area contributed by atoms with Gasteiger partial charge in [0.2, 0.25) is 6.79 Å². The Morgan fingerprint density at radius 1 is 1.59 bits per heavy atom. The van der Waals surface area contributed by atoms with Crippen LogP contribution in [0.3, 0.4) is 0 Å². The van der Waals surface area contributed by atoms with Gasteiger partial charge in [0, 0.05) is 13.0 Å². The van der Waals surface area contributed by atoms with E-state index in [1.807, 2.05) is 12.3 Å². The van der Waals surface area contributed by atoms with Gasteiger partial charge in [-0.25, -0.2) is 0 Å². The highest BCUT2D eigenvalue weighted by atomic mass is 32.2. The van der Waals surface area contributed by atoms with Crippen LogP contribution in [-0.2, 0) is 9.47 Å². The molecule has 17 heavy (non-hydrogen) atoms. The summed E-state index contributed by atoms with van der Waals surface area (Å²) in [4.78, 5) is 4.30. The van der Waals surface area contributed by atoms with E-state index in [1.165, 1.54) is 11.8 Å². The molecule has 1 aliphatic heterocycles. The third kappa shape index (κ3) is 2.97. The summed E-state index contributed by atoms with van der Waals surface area (Å²) in [7, 11) is 0. The molecule has 2 rings (SSSR count). The van der Waals surface area contributed by atoms with Gasteiger partial charge in [0.15, 0.2) is 10.9 Å². The predicted octanol–water partition coefficient (Wildman–Crippen LogP) is 2.24. The van der Waals surface area contributed by atoms with Crippen molar-refractivity contribution in [2.24, 2.45) is 16.1 Å². The van der Waals surface area contributed by atoms with Crippen LogP contribution in [0.4, 0.5) is 0 Å². The third-order valence-electron chi connectivity index (χ3n) is 3.08. The van der Waals surface area contributed by atoms with E-state index in [-0.39, 0.29) is 5.41 Å². The largest absolute Gasteiger partial charge is 0.458 e. The maximum absolute atomic E-state index is 5.66. The molecule has 1 heterocycles. The van der Waals surface area contributed by atoms with Crippen LogP contribution in [0.25, 0.3) is 0 Å². The van der Waals surface area contributed by atoms with Crippen molar-refractivity contribution >= 4 is 16.9 Å². The number of amidine groups is 1. The third-order valence-corrected chi connectivity index (χ3v) is 3.63. The van der Waals surface area contributed by atoms with Crippen molar-refractivity contribution in [3.8, 4) is 0 Å². The quantitative estimate of drug-likeness (QED) is 0.620. The molecule has 0 bridgehead atoms. The van der Waals surface area contributed by atoms with Crippen LogP contribution in [-0.4, -0.2) is 24.8 Å². The number of ether oxygens (including phenoxy) is 2. The summed E-state index contributed by atoms with van der Waals surface area (Å²) in [6.07, 6.45) is 7.97. The lowest BCUT2D eigenvalue weighted by Crippen LogP contribution is -2.19. The number of thioether (sulfide) groups is 1. The van der Waals surface area contributed by atoms with Crippen LogP contribution in [0.1, 0.15) is 19.8 Å². The van der Waals surface area contributed by atoms with Gasteiger partial charge in [0.05, 0.1) is 0 Å². The molecule has 1 aliphatic carbocycles. The van der Waals surface area contributed by atoms with Crippen LogP contribution in [0, 0.1) is 5.41 Å². The van der Waals surface area contributed by atoms with E-state index in [0.717, 1.165) is 30.9 Å². The van der Waals surface area contributed by atoms with Crippen molar-refractivity contribution in [1.82, 2.24) is 0 Å². The summed E-state index contributed by atoms with van der Waals surface area (Å²) >= 11 is 1.48. The highest BCUT2D eigenvalue weighted by Gasteiger charge is 2.31. The fourth-order valence-electron chi connectivity index (χ4n) is 1.96. The summed E-state index contributed by atoms with van der Waals surface area (Å²) < 4.78 is 10.8. The summed E-state index contributed by atoms with van der Waals surface area (Å²) in [5.74, 6) is 1.85. The maximum Gasteiger partial charge on any atom is 0.230 e. The molecule has 1 atom stereocenters. The highest BCUT2D eigenvalue weighted by molar-refractivity contribution is 8.13. The Morgan fingerprint density at radius 3 is 3.18 bits per heavy atom. The van der Waals surface area contributed by atoms with Gasteiger partial charge in [-0.1, -0.05) is 24.8 Å². The summed E-state index contributed by atoms with van der Waals surface area (Å²) in [6, 6.07) is 0. The summed E-state index contributed by atoms with van der Waals surface area (Å²) in [5, 5.41) is 0.647. The molecule has 0 saturated carbocycles. The molecular formula is C12H18N2O2S. The molecule has 1 unspecified atom stereocenters. The molecule has 0 fully saturated rings. The molecular weight excluding hydrogens is 236 g/mol. The lowest BCUT2D eigenvalue weighted by molar-refractivity contribution is 0.0697. The monoisotopic (exact) mass is 254 g/mol. The van der Waals surface area contributed by atoms with E-state index in [4.69, 9.17) is 15.2 Å². The lowest BCUT2D eigenvalue weighted by Gasteiger charge is -2.27. The molecule has 0 saturated heterocycles. The fourth-order valence-corrected chi connectivity index (χ4v) is 2.18. The minimum Gasteiger partial charge on any atom is -0.458 e. The Labute approximate surface area is 106 Å². The van der Waals surface area contributed by atoms with Gasteiger partial charge in [-0.15, -0.1) is 0 Å². The van der Waals surface area contributed by atoms with Gasteiger partial charge in [-0.05, 0) is 24.2 Å². The van der Waals surface area contributed by atoms with E-state index >= 15 is 0 Å². The van der Waals surface area contributed by atoms with Gasteiger partial charge in [0.1, 0.15) is 5.76 Å². The summed E-state index contributed by atoms with van der Waals surface area (Å²) in [6.45, 7) is 3.30. The number of nitrogens with two attached hydrogens (primary N) is 1. The number of aliphatic imine (C=N–C) groups is 1. The highest BCUT2D eigenvalue weighted by Crippen LogP contribution is 2.39. The first-order valence-corrected chi connectivity index (χ1v) is 6.87. The van der Waals surface area contributed by atoms with Gasteiger partial charge in [-0.2, -0.15) is 0 Å². The Bertz CT molecular complexity index is 390. The number of hydrogen-bond donors (Lipinski definition) is 1. The van der Waals surface area contributed by atoms with E-state index in [2.05, 4.69) is 18.0 Å². The zero-order valence-electron chi connectivity index (χ0n) is 10.2. The van der Waals surface area contributed by atoms with Crippen LogP contribution in [0.15, 0.2) is 28.7 Å². The molecule has 2 N–H and O–H groups in total. The lowest BCUT2D eigenvalue weighted by atomic mass is 9.79. The van der Waals surface area contributed by atoms with Crippen LogP contribution in [0.2, 0.25) is 0 Å². The number of allylic oxidation sites excluding steroid dienone is 3. The van der Waals surface area contributed by atoms with E-state index in [9.17, 15) is 0 Å². The van der Waals surface area contributed by atoms with Gasteiger partial charge < -0.3 is 15.2 Å². The molecule has 2 aliphatic rings. The fraction of sp³-hybridized carbons (Fsp3) is 0.583. The second kappa shape index (κ2) is 5.04. The molecule has 0 aromatic heterocycles. The molecule has 0 aromatic carbocycles. The van der Waals surface area contributed by atoms with Crippen molar-refractivity contribution in [1.29, 1.82) is 0 Å². The van der Waals surface area contributed by atoms with E-state index in [1.54, 1.807) is 0 Å². The zero-order chi connectivity index (χ0) is 12.3. The molecule has 4 nitrogen and oxygen atoms in total. The van der Waals surface area contributed by atoms with Crippen molar-refractivity contribution in [3.63, 3.8) is 0 Å². The Hall–Kier alpha value is -1.10. The molecule has 0 amide bonds. The standard InChI is InChI=1S/C12H18N2O2S/c1-12(5-6-14-11(13)17-2)4-3-9-10(7-12)16-8-15-9/h3-4H,5-8H2,1-2H3,(H2,13,14). The van der Waals surface area contributed by atoms with E-state index in [0.29, 0.717) is 12.0 Å². The number of rotatable bonds is 3. The SMILES string of the molecule is CSC(N)=NCCC1(C)C=CC2=C(C1)OCO2. The first kappa shape index (κ1) is 12.4. The average Bonchev–Trinajstić information content (AvgIpc) is 2.75. The second-order valence-corrected chi connectivity index (χ2v) is 5.36. The van der Waals surface area contributed by atoms with Crippen LogP contribution >= 0.6 is 11.8 Å². The predicted molar refractivity (Wildman–Crippen MR) is 70.5 cm³/mol. The van der Waals surface area contributed by atoms with Crippen LogP contribution < -0.4 is 5.73 Å². The Balaban J connectivity index is 1.91. The van der Waals surface area contributed by atoms with Crippen molar-refractivity contribution < 1.29 is 9.47 Å². The second-order valence-electron chi connectivity index (χ2n) is 4.53. The summed E-state index contributed by atoms with van der Waals surface area (Å²) in [5.41, 5.74) is 5.75. The smallest absolute Gasteiger partial charge is 0.230 e. The minimum absolute atomic E-state index is 0.0920. The van der Waals surface area contributed by atoms with Crippen molar-refractivity contribution in [2.45, 2.75) is 19.8 Å². The van der Waals surface area contributed by atoms with Gasteiger partial charge >= 0.3 is 0 Å². The average molecular weight is 254 g/mol. The Morgan fingerprint density at radius 2 is 2.41 bits per heavy atom. The normalized spacial score (nSPS) is 27.8. The van der Waals surface area contributed by atoms with E-state index < -0.39 is 0 Å². The molecule has 0 aromatic rings. The van der Waals surface area contributed by atoms with Crippen molar-refractivity contribution in [3.05, 3.63) is 23.7 Å².